The van der Waals surface area contributed by atoms with Gasteiger partial charge in [0.2, 0.25) is 0 Å². The van der Waals surface area contributed by atoms with Crippen molar-refractivity contribution in [2.45, 2.75) is 13.8 Å². The SMILES string of the molecule is CCOC(=O)c1cc2cccc(OC)c2nc1Nc1c(C)cccc1Cl.Cl. The molecule has 1 heterocycles. The number of nitrogens with zero attached hydrogens (tertiary/aromatic N) is 1. The predicted molar refractivity (Wildman–Crippen MR) is 111 cm³/mol. The number of carbonyl (C=O) groups excluding carboxylic acids is 1. The van der Waals surface area contributed by atoms with Gasteiger partial charge in [-0.15, -0.1) is 12.4 Å². The molecule has 3 rings (SSSR count). The van der Waals surface area contributed by atoms with Crippen molar-refractivity contribution < 1.29 is 14.3 Å². The number of para-hydroxylation sites is 2. The minimum Gasteiger partial charge on any atom is -0.494 e. The second kappa shape index (κ2) is 8.93. The summed E-state index contributed by atoms with van der Waals surface area (Å²) in [5.41, 5.74) is 2.62. The van der Waals surface area contributed by atoms with Crippen LogP contribution in [-0.4, -0.2) is 24.7 Å². The first-order valence-electron chi connectivity index (χ1n) is 8.22. The number of rotatable bonds is 5. The van der Waals surface area contributed by atoms with E-state index in [1.165, 1.54) is 0 Å². The number of carbonyl (C=O) groups is 1. The van der Waals surface area contributed by atoms with Crippen LogP contribution in [0.25, 0.3) is 10.9 Å². The first-order chi connectivity index (χ1) is 12.5. The monoisotopic (exact) mass is 406 g/mol. The lowest BCUT2D eigenvalue weighted by Crippen LogP contribution is -2.10. The Balaban J connectivity index is 0.00000261. The Hall–Kier alpha value is -2.50. The molecule has 0 bridgehead atoms. The number of hydrogen-bond donors (Lipinski definition) is 1. The van der Waals surface area contributed by atoms with Crippen molar-refractivity contribution in [2.75, 3.05) is 19.0 Å². The highest BCUT2D eigenvalue weighted by Crippen LogP contribution is 2.33. The Morgan fingerprint density at radius 1 is 1.22 bits per heavy atom. The van der Waals surface area contributed by atoms with E-state index in [9.17, 15) is 4.79 Å². The van der Waals surface area contributed by atoms with Crippen LogP contribution in [0.4, 0.5) is 11.5 Å². The van der Waals surface area contributed by atoms with E-state index in [4.69, 9.17) is 21.1 Å². The van der Waals surface area contributed by atoms with E-state index in [1.54, 1.807) is 26.2 Å². The van der Waals surface area contributed by atoms with Crippen molar-refractivity contribution in [3.05, 3.63) is 58.6 Å². The standard InChI is InChI=1S/C20H19ClN2O3.ClH/c1-4-26-20(24)14-11-13-8-6-10-16(25-3)18(13)23-19(14)22-17-12(2)7-5-9-15(17)21;/h5-11H,4H2,1-3H3,(H,22,23);1H. The van der Waals surface area contributed by atoms with Crippen LogP contribution >= 0.6 is 24.0 Å². The maximum absolute atomic E-state index is 12.5. The molecule has 142 valence electrons. The number of benzene rings is 2. The van der Waals surface area contributed by atoms with E-state index in [0.29, 0.717) is 33.4 Å². The smallest absolute Gasteiger partial charge is 0.341 e. The van der Waals surface area contributed by atoms with E-state index in [-0.39, 0.29) is 19.0 Å². The summed E-state index contributed by atoms with van der Waals surface area (Å²) in [5.74, 6) is 0.547. The number of pyridine rings is 1. The third kappa shape index (κ3) is 4.26. The van der Waals surface area contributed by atoms with Gasteiger partial charge in [-0.25, -0.2) is 9.78 Å². The van der Waals surface area contributed by atoms with Gasteiger partial charge in [-0.2, -0.15) is 0 Å². The summed E-state index contributed by atoms with van der Waals surface area (Å²) in [6, 6.07) is 12.9. The molecular formula is C20H20Cl2N2O3. The van der Waals surface area contributed by atoms with Gasteiger partial charge in [0.15, 0.2) is 0 Å². The van der Waals surface area contributed by atoms with E-state index < -0.39 is 5.97 Å². The predicted octanol–water partition coefficient (Wildman–Crippen LogP) is 5.55. The molecule has 0 aliphatic heterocycles. The Labute approximate surface area is 169 Å². The summed E-state index contributed by atoms with van der Waals surface area (Å²) in [6.45, 7) is 3.97. The van der Waals surface area contributed by atoms with Gasteiger partial charge in [0.1, 0.15) is 22.6 Å². The van der Waals surface area contributed by atoms with Crippen molar-refractivity contribution in [1.29, 1.82) is 0 Å². The molecule has 0 atom stereocenters. The number of hydrogen-bond acceptors (Lipinski definition) is 5. The fourth-order valence-electron chi connectivity index (χ4n) is 2.70. The zero-order valence-electron chi connectivity index (χ0n) is 15.2. The lowest BCUT2D eigenvalue weighted by Gasteiger charge is -2.15. The van der Waals surface area contributed by atoms with Gasteiger partial charge in [0, 0.05) is 5.39 Å². The average molecular weight is 407 g/mol. The number of halogens is 2. The van der Waals surface area contributed by atoms with E-state index in [2.05, 4.69) is 10.3 Å². The van der Waals surface area contributed by atoms with Gasteiger partial charge >= 0.3 is 5.97 Å². The van der Waals surface area contributed by atoms with Crippen molar-refractivity contribution in [1.82, 2.24) is 4.98 Å². The summed E-state index contributed by atoms with van der Waals surface area (Å²) in [4.78, 5) is 17.1. The molecule has 1 N–H and O–H groups in total. The van der Waals surface area contributed by atoms with Gasteiger partial charge in [-0.05, 0) is 37.6 Å². The van der Waals surface area contributed by atoms with Crippen LogP contribution in [0.1, 0.15) is 22.8 Å². The number of fused-ring (bicyclic) bond motifs is 1. The molecule has 0 aliphatic rings. The van der Waals surface area contributed by atoms with Gasteiger partial charge in [-0.3, -0.25) is 0 Å². The molecule has 3 aromatic rings. The maximum Gasteiger partial charge on any atom is 0.341 e. The second-order valence-corrected chi connectivity index (χ2v) is 6.10. The Kier molecular flexibility index (Phi) is 6.88. The van der Waals surface area contributed by atoms with Gasteiger partial charge in [0.05, 0.1) is 24.4 Å². The molecule has 5 nitrogen and oxygen atoms in total. The van der Waals surface area contributed by atoms with Crippen molar-refractivity contribution in [2.24, 2.45) is 0 Å². The van der Waals surface area contributed by atoms with Crippen molar-refractivity contribution in [3.63, 3.8) is 0 Å². The van der Waals surface area contributed by atoms with Crippen molar-refractivity contribution >= 4 is 52.4 Å². The summed E-state index contributed by atoms with van der Waals surface area (Å²) in [5, 5.41) is 4.52. The minimum atomic E-state index is -0.447. The zero-order valence-corrected chi connectivity index (χ0v) is 16.8. The van der Waals surface area contributed by atoms with E-state index >= 15 is 0 Å². The lowest BCUT2D eigenvalue weighted by atomic mass is 10.1. The topological polar surface area (TPSA) is 60.5 Å². The van der Waals surface area contributed by atoms with Crippen LogP contribution in [0.2, 0.25) is 5.02 Å². The first-order valence-corrected chi connectivity index (χ1v) is 8.60. The quantitative estimate of drug-likeness (QED) is 0.562. The lowest BCUT2D eigenvalue weighted by molar-refractivity contribution is 0.0527. The van der Waals surface area contributed by atoms with Gasteiger partial charge in [-0.1, -0.05) is 35.9 Å². The highest BCUT2D eigenvalue weighted by Gasteiger charge is 2.18. The number of aromatic nitrogens is 1. The fraction of sp³-hybridized carbons (Fsp3) is 0.200. The molecule has 0 aliphatic carbocycles. The molecule has 0 amide bonds. The van der Waals surface area contributed by atoms with Gasteiger partial charge in [0.25, 0.3) is 0 Å². The number of anilines is 2. The van der Waals surface area contributed by atoms with Crippen LogP contribution in [0.5, 0.6) is 5.75 Å². The third-order valence-electron chi connectivity index (χ3n) is 3.99. The maximum atomic E-state index is 12.5. The summed E-state index contributed by atoms with van der Waals surface area (Å²) >= 11 is 6.32. The molecule has 0 spiro atoms. The summed E-state index contributed by atoms with van der Waals surface area (Å²) in [7, 11) is 1.58. The second-order valence-electron chi connectivity index (χ2n) is 5.69. The van der Waals surface area contributed by atoms with E-state index in [0.717, 1.165) is 10.9 Å². The number of nitrogens with one attached hydrogen (secondary N) is 1. The average Bonchev–Trinajstić information content (AvgIpc) is 2.63. The van der Waals surface area contributed by atoms with Crippen LogP contribution in [0.15, 0.2) is 42.5 Å². The van der Waals surface area contributed by atoms with Crippen LogP contribution in [-0.2, 0) is 4.74 Å². The summed E-state index contributed by atoms with van der Waals surface area (Å²) < 4.78 is 10.6. The molecule has 2 aromatic carbocycles. The molecule has 0 fully saturated rings. The Morgan fingerprint density at radius 3 is 2.63 bits per heavy atom. The third-order valence-corrected chi connectivity index (χ3v) is 4.30. The minimum absolute atomic E-state index is 0. The van der Waals surface area contributed by atoms with E-state index in [1.807, 2.05) is 37.3 Å². The summed E-state index contributed by atoms with van der Waals surface area (Å²) in [6.07, 6.45) is 0. The Morgan fingerprint density at radius 2 is 1.96 bits per heavy atom. The van der Waals surface area contributed by atoms with Crippen LogP contribution in [0.3, 0.4) is 0 Å². The Bertz CT molecular complexity index is 957. The normalized spacial score (nSPS) is 10.2. The molecule has 0 saturated carbocycles. The number of methoxy groups -OCH3 is 1. The largest absolute Gasteiger partial charge is 0.494 e. The molecule has 27 heavy (non-hydrogen) atoms. The first kappa shape index (κ1) is 20.8. The molecule has 0 unspecified atom stereocenters. The fourth-order valence-corrected chi connectivity index (χ4v) is 2.97. The van der Waals surface area contributed by atoms with Gasteiger partial charge < -0.3 is 14.8 Å². The molecular weight excluding hydrogens is 387 g/mol. The highest BCUT2D eigenvalue weighted by molar-refractivity contribution is 6.33. The zero-order chi connectivity index (χ0) is 18.7. The van der Waals surface area contributed by atoms with Crippen molar-refractivity contribution in [3.8, 4) is 5.75 Å². The molecule has 0 saturated heterocycles. The number of ether oxygens (including phenoxy) is 2. The number of esters is 1. The highest BCUT2D eigenvalue weighted by atomic mass is 35.5. The van der Waals surface area contributed by atoms with Crippen LogP contribution in [0, 0.1) is 6.92 Å². The molecule has 7 heteroatoms. The van der Waals surface area contributed by atoms with Crippen LogP contribution < -0.4 is 10.1 Å². The molecule has 0 radical (unpaired) electrons. The molecule has 1 aromatic heterocycles. The number of aryl methyl sites for hydroxylation is 1.